The summed E-state index contributed by atoms with van der Waals surface area (Å²) >= 11 is 3.68. The number of methoxy groups -OCH3 is 2. The fraction of sp³-hybridized carbons (Fsp3) is 0.647. The Morgan fingerprint density at radius 1 is 1.14 bits per heavy atom. The van der Waals surface area contributed by atoms with Crippen LogP contribution in [0.25, 0.3) is 0 Å². The highest BCUT2D eigenvalue weighted by Crippen LogP contribution is 2.38. The highest BCUT2D eigenvalue weighted by atomic mass is 79.9. The molecular formula is C17H25BrN2O2. The molecule has 0 amide bonds. The van der Waals surface area contributed by atoms with Crippen LogP contribution in [0.15, 0.2) is 16.6 Å². The fourth-order valence-electron chi connectivity index (χ4n) is 3.65. The van der Waals surface area contributed by atoms with Crippen LogP contribution in [-0.4, -0.2) is 56.2 Å². The number of benzene rings is 1. The quantitative estimate of drug-likeness (QED) is 0.796. The standard InChI is InChI=1S/C17H25BrN2O2/c1-21-15-6-5-13(16(18)17(15)22-2)11-19-10-7-14(12-19)20-8-3-4-9-20/h5-6,14H,3-4,7-12H2,1-2H3. The lowest BCUT2D eigenvalue weighted by atomic mass is 10.2. The van der Waals surface area contributed by atoms with Gasteiger partial charge in [0.25, 0.3) is 0 Å². The molecule has 0 aliphatic carbocycles. The number of hydrogen-bond donors (Lipinski definition) is 0. The molecule has 0 spiro atoms. The van der Waals surface area contributed by atoms with Gasteiger partial charge in [-0.2, -0.15) is 0 Å². The van der Waals surface area contributed by atoms with Gasteiger partial charge in [-0.1, -0.05) is 6.07 Å². The highest BCUT2D eigenvalue weighted by Gasteiger charge is 2.29. The third kappa shape index (κ3) is 3.26. The maximum atomic E-state index is 5.48. The molecule has 2 fully saturated rings. The summed E-state index contributed by atoms with van der Waals surface area (Å²) in [5.41, 5.74) is 1.26. The van der Waals surface area contributed by atoms with E-state index in [-0.39, 0.29) is 0 Å². The first-order valence-corrected chi connectivity index (χ1v) is 8.88. The molecule has 0 N–H and O–H groups in total. The number of halogens is 1. The zero-order chi connectivity index (χ0) is 15.5. The summed E-state index contributed by atoms with van der Waals surface area (Å²) in [5, 5.41) is 0. The number of likely N-dealkylation sites (tertiary alicyclic amines) is 2. The van der Waals surface area contributed by atoms with Crippen LogP contribution < -0.4 is 9.47 Å². The van der Waals surface area contributed by atoms with E-state index in [1.165, 1.54) is 51.0 Å². The zero-order valence-corrected chi connectivity index (χ0v) is 15.1. The Bertz CT molecular complexity index is 518. The van der Waals surface area contributed by atoms with Crippen LogP contribution in [0.4, 0.5) is 0 Å². The van der Waals surface area contributed by atoms with Crippen LogP contribution in [-0.2, 0) is 6.54 Å². The van der Waals surface area contributed by atoms with Gasteiger partial charge in [0.05, 0.1) is 18.7 Å². The van der Waals surface area contributed by atoms with Crippen molar-refractivity contribution in [2.75, 3.05) is 40.4 Å². The summed E-state index contributed by atoms with van der Waals surface area (Å²) < 4.78 is 11.8. The van der Waals surface area contributed by atoms with Gasteiger partial charge in [0.2, 0.25) is 0 Å². The van der Waals surface area contributed by atoms with Gasteiger partial charge in [-0.25, -0.2) is 0 Å². The molecule has 0 aromatic heterocycles. The third-order valence-electron chi connectivity index (χ3n) is 4.86. The van der Waals surface area contributed by atoms with Crippen LogP contribution in [0.5, 0.6) is 11.5 Å². The molecule has 122 valence electrons. The molecule has 1 aromatic carbocycles. The lowest BCUT2D eigenvalue weighted by Crippen LogP contribution is -2.35. The van der Waals surface area contributed by atoms with E-state index in [0.29, 0.717) is 0 Å². The van der Waals surface area contributed by atoms with Crippen LogP contribution in [0.1, 0.15) is 24.8 Å². The van der Waals surface area contributed by atoms with Crippen LogP contribution in [0.3, 0.4) is 0 Å². The second-order valence-electron chi connectivity index (χ2n) is 6.19. The van der Waals surface area contributed by atoms with Crippen molar-refractivity contribution in [3.8, 4) is 11.5 Å². The van der Waals surface area contributed by atoms with E-state index in [1.54, 1.807) is 14.2 Å². The predicted octanol–water partition coefficient (Wildman–Crippen LogP) is 3.14. The maximum absolute atomic E-state index is 5.48. The van der Waals surface area contributed by atoms with E-state index in [9.17, 15) is 0 Å². The summed E-state index contributed by atoms with van der Waals surface area (Å²) in [6.07, 6.45) is 4.04. The Hall–Kier alpha value is -0.780. The van der Waals surface area contributed by atoms with Gasteiger partial charge in [-0.15, -0.1) is 0 Å². The van der Waals surface area contributed by atoms with Crippen molar-refractivity contribution in [3.63, 3.8) is 0 Å². The van der Waals surface area contributed by atoms with Crippen molar-refractivity contribution >= 4 is 15.9 Å². The van der Waals surface area contributed by atoms with Crippen LogP contribution in [0, 0.1) is 0 Å². The molecule has 2 heterocycles. The average molecular weight is 369 g/mol. The van der Waals surface area contributed by atoms with E-state index in [4.69, 9.17) is 9.47 Å². The van der Waals surface area contributed by atoms with Crippen molar-refractivity contribution in [3.05, 3.63) is 22.2 Å². The van der Waals surface area contributed by atoms with E-state index >= 15 is 0 Å². The molecule has 3 rings (SSSR count). The smallest absolute Gasteiger partial charge is 0.175 e. The Balaban J connectivity index is 1.66. The Labute approximate surface area is 141 Å². The van der Waals surface area contributed by atoms with E-state index in [0.717, 1.165) is 28.6 Å². The molecule has 1 unspecified atom stereocenters. The lowest BCUT2D eigenvalue weighted by molar-refractivity contribution is 0.229. The van der Waals surface area contributed by atoms with Gasteiger partial charge >= 0.3 is 0 Å². The van der Waals surface area contributed by atoms with Crippen LogP contribution in [0.2, 0.25) is 0 Å². The number of rotatable bonds is 5. The second-order valence-corrected chi connectivity index (χ2v) is 6.99. The highest BCUT2D eigenvalue weighted by molar-refractivity contribution is 9.10. The Kier molecular flexibility index (Phi) is 5.26. The maximum Gasteiger partial charge on any atom is 0.175 e. The van der Waals surface area contributed by atoms with Crippen molar-refractivity contribution in [2.45, 2.75) is 31.8 Å². The molecule has 0 bridgehead atoms. The fourth-order valence-corrected chi connectivity index (χ4v) is 4.27. The van der Waals surface area contributed by atoms with Crippen molar-refractivity contribution in [1.29, 1.82) is 0 Å². The minimum Gasteiger partial charge on any atom is -0.493 e. The topological polar surface area (TPSA) is 24.9 Å². The van der Waals surface area contributed by atoms with Crippen molar-refractivity contribution in [1.82, 2.24) is 9.80 Å². The Morgan fingerprint density at radius 3 is 2.59 bits per heavy atom. The molecule has 1 aromatic rings. The van der Waals surface area contributed by atoms with Gasteiger partial charge in [-0.05, 0) is 59.9 Å². The van der Waals surface area contributed by atoms with Crippen molar-refractivity contribution < 1.29 is 9.47 Å². The normalized spacial score (nSPS) is 23.1. The first-order chi connectivity index (χ1) is 10.7. The average Bonchev–Trinajstić information content (AvgIpc) is 3.19. The van der Waals surface area contributed by atoms with Gasteiger partial charge in [0.1, 0.15) is 0 Å². The zero-order valence-electron chi connectivity index (χ0n) is 13.5. The van der Waals surface area contributed by atoms with E-state index in [2.05, 4.69) is 31.8 Å². The second kappa shape index (κ2) is 7.20. The van der Waals surface area contributed by atoms with Gasteiger partial charge in [0.15, 0.2) is 11.5 Å². The van der Waals surface area contributed by atoms with Gasteiger partial charge in [-0.3, -0.25) is 9.80 Å². The number of ether oxygens (including phenoxy) is 2. The first kappa shape index (κ1) is 16.1. The summed E-state index contributed by atoms with van der Waals surface area (Å²) in [4.78, 5) is 5.22. The van der Waals surface area contributed by atoms with Gasteiger partial charge in [0, 0.05) is 25.7 Å². The SMILES string of the molecule is COc1ccc(CN2CCC(N3CCCC3)C2)c(Br)c1OC. The summed E-state index contributed by atoms with van der Waals surface area (Å²) in [6, 6.07) is 4.88. The molecular weight excluding hydrogens is 344 g/mol. The van der Waals surface area contributed by atoms with Crippen LogP contribution >= 0.6 is 15.9 Å². The molecule has 4 nitrogen and oxygen atoms in total. The molecule has 5 heteroatoms. The number of hydrogen-bond acceptors (Lipinski definition) is 4. The molecule has 2 aliphatic heterocycles. The summed E-state index contributed by atoms with van der Waals surface area (Å²) in [6.45, 7) is 5.91. The molecule has 0 saturated carbocycles. The third-order valence-corrected chi connectivity index (χ3v) is 5.73. The lowest BCUT2D eigenvalue weighted by Gasteiger charge is -2.24. The summed E-state index contributed by atoms with van der Waals surface area (Å²) in [5.74, 6) is 1.56. The van der Waals surface area contributed by atoms with Crippen molar-refractivity contribution in [2.24, 2.45) is 0 Å². The largest absolute Gasteiger partial charge is 0.493 e. The van der Waals surface area contributed by atoms with Gasteiger partial charge < -0.3 is 9.47 Å². The molecule has 22 heavy (non-hydrogen) atoms. The minimum absolute atomic E-state index is 0.751. The predicted molar refractivity (Wildman–Crippen MR) is 91.7 cm³/mol. The molecule has 0 radical (unpaired) electrons. The molecule has 1 atom stereocenters. The molecule has 2 saturated heterocycles. The monoisotopic (exact) mass is 368 g/mol. The Morgan fingerprint density at radius 2 is 1.91 bits per heavy atom. The first-order valence-electron chi connectivity index (χ1n) is 8.08. The molecule has 2 aliphatic rings. The van der Waals surface area contributed by atoms with E-state index < -0.39 is 0 Å². The van der Waals surface area contributed by atoms with E-state index in [1.807, 2.05) is 6.07 Å². The minimum atomic E-state index is 0.751. The summed E-state index contributed by atoms with van der Waals surface area (Å²) in [7, 11) is 3.36. The number of nitrogens with zero attached hydrogens (tertiary/aromatic N) is 2.